The largest absolute Gasteiger partial charge is 0.369 e. The molecule has 0 radical (unpaired) electrons. The Balaban J connectivity index is 2.92. The van der Waals surface area contributed by atoms with Gasteiger partial charge in [0.2, 0.25) is 0 Å². The Hall–Kier alpha value is -1.16. The number of nitrogens with zero attached hydrogens (tertiary/aromatic N) is 2. The molecule has 1 aromatic carbocycles. The SMILES string of the molecule is Cc1cc(Br)ccc1C(=O)/N=C/N(C)C. The second kappa shape index (κ2) is 5.07. The molecule has 0 aliphatic heterocycles. The summed E-state index contributed by atoms with van der Waals surface area (Å²) in [5.74, 6) is -0.214. The van der Waals surface area contributed by atoms with Crippen molar-refractivity contribution in [2.45, 2.75) is 6.92 Å². The molecule has 1 aromatic rings. The number of halogens is 1. The van der Waals surface area contributed by atoms with Gasteiger partial charge in [-0.25, -0.2) is 0 Å². The van der Waals surface area contributed by atoms with Crippen molar-refractivity contribution < 1.29 is 4.79 Å². The molecule has 4 heteroatoms. The summed E-state index contributed by atoms with van der Waals surface area (Å²) in [6, 6.07) is 5.51. The molecule has 0 aromatic heterocycles. The van der Waals surface area contributed by atoms with E-state index in [2.05, 4.69) is 20.9 Å². The molecular weight excluding hydrogens is 256 g/mol. The summed E-state index contributed by atoms with van der Waals surface area (Å²) in [5, 5.41) is 0. The summed E-state index contributed by atoms with van der Waals surface area (Å²) in [4.78, 5) is 17.2. The average Bonchev–Trinajstić information content (AvgIpc) is 2.14. The minimum Gasteiger partial charge on any atom is -0.369 e. The van der Waals surface area contributed by atoms with Crippen molar-refractivity contribution in [3.8, 4) is 0 Å². The molecule has 0 aliphatic rings. The van der Waals surface area contributed by atoms with E-state index >= 15 is 0 Å². The third-order valence-corrected chi connectivity index (χ3v) is 2.32. The number of amides is 1. The van der Waals surface area contributed by atoms with Gasteiger partial charge < -0.3 is 4.90 Å². The fraction of sp³-hybridized carbons (Fsp3) is 0.273. The lowest BCUT2D eigenvalue weighted by molar-refractivity contribution is 0.100. The fourth-order valence-electron chi connectivity index (χ4n) is 1.10. The van der Waals surface area contributed by atoms with Gasteiger partial charge in [0.25, 0.3) is 5.91 Å². The lowest BCUT2D eigenvalue weighted by atomic mass is 10.1. The highest BCUT2D eigenvalue weighted by molar-refractivity contribution is 9.10. The van der Waals surface area contributed by atoms with Gasteiger partial charge in [0.15, 0.2) is 0 Å². The van der Waals surface area contributed by atoms with E-state index in [1.807, 2.05) is 33.2 Å². The van der Waals surface area contributed by atoms with Crippen molar-refractivity contribution in [1.82, 2.24) is 4.90 Å². The molecule has 0 fully saturated rings. The van der Waals surface area contributed by atoms with Crippen LogP contribution >= 0.6 is 15.9 Å². The Labute approximate surface area is 97.9 Å². The van der Waals surface area contributed by atoms with Gasteiger partial charge in [-0.05, 0) is 30.7 Å². The molecule has 0 bridgehead atoms. The van der Waals surface area contributed by atoms with E-state index in [0.29, 0.717) is 5.56 Å². The zero-order valence-corrected chi connectivity index (χ0v) is 10.6. The van der Waals surface area contributed by atoms with Gasteiger partial charge in [0.05, 0.1) is 6.34 Å². The first kappa shape index (κ1) is 11.9. The average molecular weight is 269 g/mol. The van der Waals surface area contributed by atoms with Gasteiger partial charge in [-0.2, -0.15) is 4.99 Å². The lowest BCUT2D eigenvalue weighted by Crippen LogP contribution is -2.10. The summed E-state index contributed by atoms with van der Waals surface area (Å²) in [6.45, 7) is 1.89. The molecule has 0 N–H and O–H groups in total. The number of aryl methyl sites for hydroxylation is 1. The maximum absolute atomic E-state index is 11.6. The van der Waals surface area contributed by atoms with Crippen LogP contribution < -0.4 is 0 Å². The van der Waals surface area contributed by atoms with Gasteiger partial charge in [-0.3, -0.25) is 4.79 Å². The van der Waals surface area contributed by atoms with Crippen LogP contribution in [-0.2, 0) is 0 Å². The van der Waals surface area contributed by atoms with E-state index in [1.165, 1.54) is 6.34 Å². The summed E-state index contributed by atoms with van der Waals surface area (Å²) in [5.41, 5.74) is 1.56. The van der Waals surface area contributed by atoms with Crippen molar-refractivity contribution in [3.63, 3.8) is 0 Å². The molecule has 80 valence electrons. The zero-order valence-electron chi connectivity index (χ0n) is 8.99. The van der Waals surface area contributed by atoms with E-state index in [1.54, 1.807) is 11.0 Å². The highest BCUT2D eigenvalue weighted by atomic mass is 79.9. The molecule has 3 nitrogen and oxygen atoms in total. The number of hydrogen-bond acceptors (Lipinski definition) is 1. The van der Waals surface area contributed by atoms with Crippen LogP contribution in [0, 0.1) is 6.92 Å². The van der Waals surface area contributed by atoms with Crippen LogP contribution in [0.25, 0.3) is 0 Å². The van der Waals surface area contributed by atoms with E-state index in [4.69, 9.17) is 0 Å². The third kappa shape index (κ3) is 3.47. The fourth-order valence-corrected chi connectivity index (χ4v) is 1.58. The van der Waals surface area contributed by atoms with Crippen LogP contribution in [0.4, 0.5) is 0 Å². The van der Waals surface area contributed by atoms with Gasteiger partial charge in [-0.1, -0.05) is 15.9 Å². The monoisotopic (exact) mass is 268 g/mol. The Bertz CT molecular complexity index is 400. The molecule has 15 heavy (non-hydrogen) atoms. The Kier molecular flexibility index (Phi) is 4.03. The van der Waals surface area contributed by atoms with Gasteiger partial charge in [0.1, 0.15) is 0 Å². The summed E-state index contributed by atoms with van der Waals surface area (Å²) in [6.07, 6.45) is 1.50. The zero-order chi connectivity index (χ0) is 11.4. The maximum atomic E-state index is 11.6. The molecule has 0 aliphatic carbocycles. The molecule has 0 saturated heterocycles. The van der Waals surface area contributed by atoms with E-state index in [-0.39, 0.29) is 5.91 Å². The first-order valence-electron chi connectivity index (χ1n) is 4.52. The smallest absolute Gasteiger partial charge is 0.278 e. The number of benzene rings is 1. The summed E-state index contributed by atoms with van der Waals surface area (Å²) in [7, 11) is 3.65. The van der Waals surface area contributed by atoms with Crippen LogP contribution in [0.2, 0.25) is 0 Å². The summed E-state index contributed by atoms with van der Waals surface area (Å²) < 4.78 is 0.966. The van der Waals surface area contributed by atoms with Crippen LogP contribution in [0.5, 0.6) is 0 Å². The topological polar surface area (TPSA) is 32.7 Å². The Morgan fingerprint density at radius 3 is 2.67 bits per heavy atom. The maximum Gasteiger partial charge on any atom is 0.278 e. The first-order valence-corrected chi connectivity index (χ1v) is 5.31. The van der Waals surface area contributed by atoms with Crippen molar-refractivity contribution >= 4 is 28.2 Å². The van der Waals surface area contributed by atoms with E-state index < -0.39 is 0 Å². The highest BCUT2D eigenvalue weighted by Gasteiger charge is 2.06. The van der Waals surface area contributed by atoms with Crippen LogP contribution in [-0.4, -0.2) is 31.2 Å². The molecule has 1 amide bonds. The highest BCUT2D eigenvalue weighted by Crippen LogP contribution is 2.16. The second-order valence-corrected chi connectivity index (χ2v) is 4.39. The second-order valence-electron chi connectivity index (χ2n) is 3.47. The van der Waals surface area contributed by atoms with Gasteiger partial charge >= 0.3 is 0 Å². The molecule has 0 heterocycles. The lowest BCUT2D eigenvalue weighted by Gasteiger charge is -2.04. The Morgan fingerprint density at radius 2 is 2.13 bits per heavy atom. The van der Waals surface area contributed by atoms with E-state index in [9.17, 15) is 4.79 Å². The quantitative estimate of drug-likeness (QED) is 0.610. The molecule has 0 atom stereocenters. The summed E-state index contributed by atoms with van der Waals surface area (Å²) >= 11 is 3.35. The molecule has 0 saturated carbocycles. The Morgan fingerprint density at radius 1 is 1.47 bits per heavy atom. The minimum absolute atomic E-state index is 0.214. The van der Waals surface area contributed by atoms with Crippen LogP contribution in [0.1, 0.15) is 15.9 Å². The normalized spacial score (nSPS) is 10.7. The van der Waals surface area contributed by atoms with Crippen LogP contribution in [0.15, 0.2) is 27.7 Å². The van der Waals surface area contributed by atoms with E-state index in [0.717, 1.165) is 10.0 Å². The predicted octanol–water partition coefficient (Wildman–Crippen LogP) is 2.49. The predicted molar refractivity (Wildman–Crippen MR) is 65.4 cm³/mol. The number of carbonyl (C=O) groups is 1. The number of carbonyl (C=O) groups excluding carboxylic acids is 1. The molecular formula is C11H13BrN2O. The third-order valence-electron chi connectivity index (χ3n) is 1.82. The minimum atomic E-state index is -0.214. The van der Waals surface area contributed by atoms with Crippen molar-refractivity contribution in [2.24, 2.45) is 4.99 Å². The van der Waals surface area contributed by atoms with Gasteiger partial charge in [0, 0.05) is 24.1 Å². The number of aliphatic imine (C=N–C) groups is 1. The number of hydrogen-bond donors (Lipinski definition) is 0. The molecule has 1 rings (SSSR count). The van der Waals surface area contributed by atoms with Crippen LogP contribution in [0.3, 0.4) is 0 Å². The van der Waals surface area contributed by atoms with Gasteiger partial charge in [-0.15, -0.1) is 0 Å². The molecule has 0 spiro atoms. The number of rotatable bonds is 2. The van der Waals surface area contributed by atoms with Crippen molar-refractivity contribution in [3.05, 3.63) is 33.8 Å². The van der Waals surface area contributed by atoms with Crippen molar-refractivity contribution in [1.29, 1.82) is 0 Å². The first-order chi connectivity index (χ1) is 7.00. The van der Waals surface area contributed by atoms with Crippen molar-refractivity contribution in [2.75, 3.05) is 14.1 Å². The standard InChI is InChI=1S/C11H13BrN2O/c1-8-6-9(12)4-5-10(8)11(15)13-7-14(2)3/h4-7H,1-3H3/b13-7+. The molecule has 0 unspecified atom stereocenters.